The highest BCUT2D eigenvalue weighted by Gasteiger charge is 2.54. The first kappa shape index (κ1) is 16.8. The van der Waals surface area contributed by atoms with Crippen molar-refractivity contribution in [3.63, 3.8) is 0 Å². The molecule has 0 saturated carbocycles. The monoisotopic (exact) mass is 322 g/mol. The van der Waals surface area contributed by atoms with Crippen LogP contribution >= 0.6 is 0 Å². The molecule has 1 unspecified atom stereocenters. The van der Waals surface area contributed by atoms with Crippen LogP contribution in [-0.2, 0) is 21.0 Å². The maximum atomic E-state index is 10.7. The molecule has 0 spiro atoms. The smallest absolute Gasteiger partial charge is 0.485 e. The first-order chi connectivity index (χ1) is 8.45. The van der Waals surface area contributed by atoms with Gasteiger partial charge in [0.05, 0.1) is 0 Å². The molecule has 4 atom stereocenters. The minimum Gasteiger partial charge on any atom is -0.741 e. The molecule has 0 radical (unpaired) electrons. The minimum atomic E-state index is -6.09. The van der Waals surface area contributed by atoms with E-state index in [9.17, 15) is 23.4 Å². The van der Waals surface area contributed by atoms with Gasteiger partial charge in [0.25, 0.3) is 0 Å². The van der Waals surface area contributed by atoms with Gasteiger partial charge in [0.1, 0.15) is 22.9 Å². The van der Waals surface area contributed by atoms with Gasteiger partial charge in [-0.25, -0.2) is 8.42 Å². The van der Waals surface area contributed by atoms with Crippen LogP contribution in [0.3, 0.4) is 0 Å². The fraction of sp³-hybridized carbons (Fsp3) is 0.778. The topological polar surface area (TPSA) is 97.7 Å². The number of aliphatic hydroxyl groups is 2. The average Bonchev–Trinajstić information content (AvgIpc) is 2.70. The molecular weight excluding hydrogens is 309 g/mol. The molecule has 2 rings (SSSR count). The van der Waals surface area contributed by atoms with E-state index in [1.165, 1.54) is 4.91 Å². The Bertz CT molecular complexity index is 447. The lowest BCUT2D eigenvalue weighted by atomic mass is 10.1. The Hall–Kier alpha value is -0.290. The molecule has 2 fully saturated rings. The third kappa shape index (κ3) is 3.85. The summed E-state index contributed by atoms with van der Waals surface area (Å²) in [6.07, 6.45) is 1.12. The predicted molar refractivity (Wildman–Crippen MR) is 62.2 cm³/mol. The van der Waals surface area contributed by atoms with Crippen LogP contribution in [0, 0.1) is 0 Å². The zero-order valence-corrected chi connectivity index (χ0v) is 11.3. The highest BCUT2D eigenvalue weighted by molar-refractivity contribution is 8.01. The standard InChI is InChI=1S/C8H13O2S.CHF3O3S/c1-5-2-3-7-8(10)6(9)4-11(5)7;2-1(3,4)8(5,6)7/h6-10H,1-4H2;(H,5,6,7)/q+1;/p-1/t6-,7-,8+,11?;/m1./s1. The Balaban J connectivity index is 0.000000203. The molecule has 0 amide bonds. The average molecular weight is 322 g/mol. The molecule has 2 aliphatic rings. The summed E-state index contributed by atoms with van der Waals surface area (Å²) in [7, 11) is -5.96. The third-order valence-corrected chi connectivity index (χ3v) is 6.31. The molecular formula is C9H13F3O5S2. The van der Waals surface area contributed by atoms with Crippen LogP contribution in [-0.4, -0.2) is 51.9 Å². The Morgan fingerprint density at radius 3 is 2.21 bits per heavy atom. The molecule has 112 valence electrons. The van der Waals surface area contributed by atoms with Crippen molar-refractivity contribution in [3.05, 3.63) is 11.5 Å². The maximum Gasteiger partial charge on any atom is 0.485 e. The zero-order chi connectivity index (χ0) is 15.0. The number of hydrogen-bond donors (Lipinski definition) is 2. The summed E-state index contributed by atoms with van der Waals surface area (Å²) in [4.78, 5) is 1.26. The number of rotatable bonds is 0. The van der Waals surface area contributed by atoms with E-state index < -0.39 is 27.8 Å². The molecule has 2 heterocycles. The van der Waals surface area contributed by atoms with Gasteiger partial charge in [-0.15, -0.1) is 0 Å². The van der Waals surface area contributed by atoms with E-state index in [1.54, 1.807) is 0 Å². The Labute approximate surface area is 111 Å². The van der Waals surface area contributed by atoms with Gasteiger partial charge in [-0.3, -0.25) is 0 Å². The number of alkyl halides is 3. The third-order valence-electron chi connectivity index (χ3n) is 2.85. The second kappa shape index (κ2) is 5.60. The van der Waals surface area contributed by atoms with Gasteiger partial charge in [-0.2, -0.15) is 13.2 Å². The highest BCUT2D eigenvalue weighted by atomic mass is 32.2. The summed E-state index contributed by atoms with van der Waals surface area (Å²) in [5.74, 6) is 0.755. The second-order valence-corrected chi connectivity index (χ2v) is 7.91. The van der Waals surface area contributed by atoms with Crippen LogP contribution in [0.4, 0.5) is 13.2 Å². The summed E-state index contributed by atoms with van der Waals surface area (Å²) in [6, 6.07) is 0. The lowest BCUT2D eigenvalue weighted by molar-refractivity contribution is -0.0517. The lowest BCUT2D eigenvalue weighted by Gasteiger charge is -2.08. The fourth-order valence-electron chi connectivity index (χ4n) is 1.90. The highest BCUT2D eigenvalue weighted by Crippen LogP contribution is 2.39. The van der Waals surface area contributed by atoms with Crippen LogP contribution < -0.4 is 0 Å². The van der Waals surface area contributed by atoms with Crippen molar-refractivity contribution in [2.24, 2.45) is 0 Å². The number of halogens is 3. The van der Waals surface area contributed by atoms with Crippen LogP contribution in [0.1, 0.15) is 12.8 Å². The quantitative estimate of drug-likeness (QED) is 0.374. The molecule has 2 saturated heterocycles. The molecule has 19 heavy (non-hydrogen) atoms. The summed E-state index contributed by atoms with van der Waals surface area (Å²) >= 11 is 0. The van der Waals surface area contributed by atoms with Gasteiger partial charge in [0.15, 0.2) is 15.4 Å². The van der Waals surface area contributed by atoms with Gasteiger partial charge in [0, 0.05) is 23.7 Å². The normalized spacial score (nSPS) is 34.7. The van der Waals surface area contributed by atoms with Crippen LogP contribution in [0.15, 0.2) is 11.5 Å². The summed E-state index contributed by atoms with van der Waals surface area (Å²) < 4.78 is 58.9. The van der Waals surface area contributed by atoms with E-state index in [0.717, 1.165) is 18.6 Å². The van der Waals surface area contributed by atoms with Gasteiger partial charge in [-0.1, -0.05) is 0 Å². The summed E-state index contributed by atoms with van der Waals surface area (Å²) in [5.41, 5.74) is -5.65. The molecule has 0 aromatic heterocycles. The summed E-state index contributed by atoms with van der Waals surface area (Å²) in [6.45, 7) is 3.96. The van der Waals surface area contributed by atoms with Gasteiger partial charge in [-0.05, 0) is 6.58 Å². The molecule has 0 aliphatic carbocycles. The number of aliphatic hydroxyl groups excluding tert-OH is 2. The zero-order valence-electron chi connectivity index (χ0n) is 9.63. The van der Waals surface area contributed by atoms with E-state index >= 15 is 0 Å². The van der Waals surface area contributed by atoms with Crippen LogP contribution in [0.25, 0.3) is 0 Å². The molecule has 0 bridgehead atoms. The van der Waals surface area contributed by atoms with Crippen molar-refractivity contribution in [1.29, 1.82) is 0 Å². The first-order valence-corrected chi connectivity index (χ1v) is 8.07. The van der Waals surface area contributed by atoms with Crippen molar-refractivity contribution in [2.75, 3.05) is 5.75 Å². The van der Waals surface area contributed by atoms with Gasteiger partial charge < -0.3 is 14.8 Å². The van der Waals surface area contributed by atoms with E-state index in [-0.39, 0.29) is 10.9 Å². The molecule has 0 aromatic carbocycles. The van der Waals surface area contributed by atoms with Crippen molar-refractivity contribution in [2.45, 2.75) is 35.8 Å². The molecule has 10 heteroatoms. The van der Waals surface area contributed by atoms with E-state index in [1.807, 2.05) is 0 Å². The Morgan fingerprint density at radius 2 is 1.84 bits per heavy atom. The maximum absolute atomic E-state index is 10.7. The predicted octanol–water partition coefficient (Wildman–Crippen LogP) is 0.0676. The number of allylic oxidation sites excluding steroid dienone is 1. The van der Waals surface area contributed by atoms with Gasteiger partial charge >= 0.3 is 5.51 Å². The number of fused-ring (bicyclic) bond motifs is 1. The molecule has 2 aliphatic heterocycles. The van der Waals surface area contributed by atoms with Crippen LogP contribution in [0.2, 0.25) is 0 Å². The molecule has 2 N–H and O–H groups in total. The molecule has 5 nitrogen and oxygen atoms in total. The van der Waals surface area contributed by atoms with Crippen molar-refractivity contribution in [1.82, 2.24) is 0 Å². The molecule has 0 aromatic rings. The number of hydrogen-bond acceptors (Lipinski definition) is 5. The van der Waals surface area contributed by atoms with E-state index in [2.05, 4.69) is 6.58 Å². The minimum absolute atomic E-state index is 0.133. The summed E-state index contributed by atoms with van der Waals surface area (Å²) in [5, 5.41) is 19.2. The SMILES string of the molecule is C=C1CC[C@@H]2[C@@H](O)[C@H](O)C[S+]12.O=S(=O)([O-])C(F)(F)F. The Morgan fingerprint density at radius 1 is 1.37 bits per heavy atom. The fourth-order valence-corrected chi connectivity index (χ4v) is 4.68. The van der Waals surface area contributed by atoms with E-state index in [0.29, 0.717) is 5.25 Å². The second-order valence-electron chi connectivity index (χ2n) is 4.17. The van der Waals surface area contributed by atoms with Crippen molar-refractivity contribution < 1.29 is 36.4 Å². The van der Waals surface area contributed by atoms with E-state index in [4.69, 9.17) is 13.0 Å². The lowest BCUT2D eigenvalue weighted by Crippen LogP contribution is -2.29. The van der Waals surface area contributed by atoms with Gasteiger partial charge in [0.2, 0.25) is 0 Å². The first-order valence-electron chi connectivity index (χ1n) is 5.21. The Kier molecular flexibility index (Phi) is 4.94. The van der Waals surface area contributed by atoms with Crippen molar-refractivity contribution in [3.8, 4) is 0 Å². The van der Waals surface area contributed by atoms with Crippen LogP contribution in [0.5, 0.6) is 0 Å². The largest absolute Gasteiger partial charge is 0.741 e. The van der Waals surface area contributed by atoms with Crippen molar-refractivity contribution >= 4 is 21.0 Å².